The minimum atomic E-state index is -0.930. The number of nitrogens with one attached hydrogen (secondary N) is 1. The molecule has 1 rings (SSSR count). The van der Waals surface area contributed by atoms with Crippen molar-refractivity contribution in [3.05, 3.63) is 0 Å². The van der Waals surface area contributed by atoms with Crippen LogP contribution in [0.2, 0.25) is 0 Å². The first-order valence-electron chi connectivity index (χ1n) is 4.38. The van der Waals surface area contributed by atoms with Gasteiger partial charge >= 0.3 is 5.97 Å². The van der Waals surface area contributed by atoms with Gasteiger partial charge in [-0.3, -0.25) is 14.5 Å². The molecule has 5 heteroatoms. The van der Waals surface area contributed by atoms with Crippen LogP contribution in [0.3, 0.4) is 0 Å². The van der Waals surface area contributed by atoms with Crippen molar-refractivity contribution < 1.29 is 14.7 Å². The van der Waals surface area contributed by atoms with Gasteiger partial charge in [-0.15, -0.1) is 0 Å². The number of carboxylic acid groups (broad SMARTS) is 1. The van der Waals surface area contributed by atoms with Crippen LogP contribution in [0, 0.1) is 0 Å². The van der Waals surface area contributed by atoms with Crippen molar-refractivity contribution in [2.45, 2.75) is 19.4 Å². The number of nitrogens with zero attached hydrogens (tertiary/aromatic N) is 1. The summed E-state index contributed by atoms with van der Waals surface area (Å²) >= 11 is 0. The van der Waals surface area contributed by atoms with Crippen LogP contribution in [0.1, 0.15) is 13.3 Å². The van der Waals surface area contributed by atoms with Gasteiger partial charge in [0, 0.05) is 13.1 Å². The maximum absolute atomic E-state index is 11.3. The Morgan fingerprint density at radius 1 is 1.77 bits per heavy atom. The van der Waals surface area contributed by atoms with Crippen molar-refractivity contribution in [1.82, 2.24) is 10.2 Å². The summed E-state index contributed by atoms with van der Waals surface area (Å²) < 4.78 is 0. The molecule has 0 aromatic rings. The molecule has 0 aromatic carbocycles. The fraction of sp³-hybridized carbons (Fsp3) is 0.750. The number of piperazine rings is 1. The molecular weight excluding hydrogens is 172 g/mol. The van der Waals surface area contributed by atoms with Crippen LogP contribution in [0.25, 0.3) is 0 Å². The number of hydrogen-bond acceptors (Lipinski definition) is 3. The molecule has 2 N–H and O–H groups in total. The fourth-order valence-electron chi connectivity index (χ4n) is 1.53. The Morgan fingerprint density at radius 3 is 3.00 bits per heavy atom. The minimum absolute atomic E-state index is 0.111. The molecule has 0 aliphatic carbocycles. The quantitative estimate of drug-likeness (QED) is 0.610. The van der Waals surface area contributed by atoms with Crippen LogP contribution in [-0.2, 0) is 9.59 Å². The predicted molar refractivity (Wildman–Crippen MR) is 46.3 cm³/mol. The normalized spacial score (nSPS) is 24.1. The molecule has 74 valence electrons. The van der Waals surface area contributed by atoms with Gasteiger partial charge in [-0.2, -0.15) is 0 Å². The van der Waals surface area contributed by atoms with Gasteiger partial charge < -0.3 is 10.4 Å². The van der Waals surface area contributed by atoms with Crippen molar-refractivity contribution in [1.29, 1.82) is 0 Å². The highest BCUT2D eigenvalue weighted by Gasteiger charge is 2.30. The monoisotopic (exact) mass is 186 g/mol. The Labute approximate surface area is 76.7 Å². The van der Waals surface area contributed by atoms with Gasteiger partial charge in [0.1, 0.15) is 0 Å². The topological polar surface area (TPSA) is 69.6 Å². The van der Waals surface area contributed by atoms with E-state index in [0.29, 0.717) is 13.1 Å². The molecule has 0 unspecified atom stereocenters. The van der Waals surface area contributed by atoms with Gasteiger partial charge in [-0.25, -0.2) is 0 Å². The third-order valence-electron chi connectivity index (χ3n) is 2.22. The Morgan fingerprint density at radius 2 is 2.46 bits per heavy atom. The summed E-state index contributed by atoms with van der Waals surface area (Å²) in [5.74, 6) is -1.10. The van der Waals surface area contributed by atoms with Crippen molar-refractivity contribution in [2.24, 2.45) is 0 Å². The van der Waals surface area contributed by atoms with E-state index >= 15 is 0 Å². The third kappa shape index (κ3) is 2.42. The Bertz CT molecular complexity index is 217. The van der Waals surface area contributed by atoms with E-state index in [-0.39, 0.29) is 12.3 Å². The van der Waals surface area contributed by atoms with Gasteiger partial charge in [-0.05, 0) is 6.54 Å². The van der Waals surface area contributed by atoms with Crippen LogP contribution in [0.15, 0.2) is 0 Å². The second-order valence-corrected chi connectivity index (χ2v) is 3.03. The number of carbonyl (C=O) groups is 2. The second kappa shape index (κ2) is 4.23. The van der Waals surface area contributed by atoms with Crippen LogP contribution in [0.4, 0.5) is 0 Å². The number of hydrogen-bond donors (Lipinski definition) is 2. The summed E-state index contributed by atoms with van der Waals surface area (Å²) in [7, 11) is 0. The summed E-state index contributed by atoms with van der Waals surface area (Å²) in [6.45, 7) is 3.99. The molecule has 1 atom stereocenters. The number of carboxylic acids is 1. The van der Waals surface area contributed by atoms with Gasteiger partial charge in [-0.1, -0.05) is 6.92 Å². The molecule has 0 bridgehead atoms. The lowest BCUT2D eigenvalue weighted by atomic mass is 10.1. The largest absolute Gasteiger partial charge is 0.481 e. The molecule has 1 amide bonds. The number of likely N-dealkylation sites (N-methyl/N-ethyl adjacent to an activating group) is 1. The van der Waals surface area contributed by atoms with E-state index in [1.165, 1.54) is 0 Å². The second-order valence-electron chi connectivity index (χ2n) is 3.03. The SMILES string of the molecule is CCN1CCNC(=O)[C@@H]1CC(=O)O. The lowest BCUT2D eigenvalue weighted by Crippen LogP contribution is -2.55. The van der Waals surface area contributed by atoms with Crippen LogP contribution >= 0.6 is 0 Å². The summed E-state index contributed by atoms with van der Waals surface area (Å²) in [4.78, 5) is 23.6. The molecule has 1 saturated heterocycles. The third-order valence-corrected chi connectivity index (χ3v) is 2.22. The Kier molecular flexibility index (Phi) is 3.25. The first-order valence-corrected chi connectivity index (χ1v) is 4.38. The molecule has 1 fully saturated rings. The Hall–Kier alpha value is -1.10. The van der Waals surface area contributed by atoms with Crippen molar-refractivity contribution in [2.75, 3.05) is 19.6 Å². The van der Waals surface area contributed by atoms with E-state index in [0.717, 1.165) is 6.54 Å². The van der Waals surface area contributed by atoms with E-state index in [1.807, 2.05) is 11.8 Å². The van der Waals surface area contributed by atoms with E-state index < -0.39 is 12.0 Å². The first-order chi connectivity index (χ1) is 6.15. The minimum Gasteiger partial charge on any atom is -0.481 e. The lowest BCUT2D eigenvalue weighted by Gasteiger charge is -2.33. The van der Waals surface area contributed by atoms with Gasteiger partial charge in [0.05, 0.1) is 12.5 Å². The summed E-state index contributed by atoms with van der Waals surface area (Å²) in [5, 5.41) is 11.2. The standard InChI is InChI=1S/C8H14N2O3/c1-2-10-4-3-9-8(13)6(10)5-7(11)12/h6H,2-5H2,1H3,(H,9,13)(H,11,12)/t6-/m0/s1. The highest BCUT2D eigenvalue weighted by Crippen LogP contribution is 2.07. The fourth-order valence-corrected chi connectivity index (χ4v) is 1.53. The molecule has 13 heavy (non-hydrogen) atoms. The lowest BCUT2D eigenvalue weighted by molar-refractivity contribution is -0.143. The zero-order chi connectivity index (χ0) is 9.84. The zero-order valence-corrected chi connectivity index (χ0v) is 7.62. The molecule has 0 spiro atoms. The Balaban J connectivity index is 2.62. The molecule has 0 radical (unpaired) electrons. The van der Waals surface area contributed by atoms with Crippen LogP contribution in [0.5, 0.6) is 0 Å². The van der Waals surface area contributed by atoms with E-state index in [9.17, 15) is 9.59 Å². The van der Waals surface area contributed by atoms with Crippen LogP contribution in [-0.4, -0.2) is 47.6 Å². The van der Waals surface area contributed by atoms with Gasteiger partial charge in [0.15, 0.2) is 0 Å². The average molecular weight is 186 g/mol. The van der Waals surface area contributed by atoms with E-state index in [2.05, 4.69) is 5.32 Å². The van der Waals surface area contributed by atoms with Gasteiger partial charge in [0.25, 0.3) is 0 Å². The summed E-state index contributed by atoms with van der Waals surface area (Å²) in [5.41, 5.74) is 0. The highest BCUT2D eigenvalue weighted by molar-refractivity contribution is 5.86. The maximum atomic E-state index is 11.3. The number of rotatable bonds is 3. The number of aliphatic carboxylic acids is 1. The number of amides is 1. The van der Waals surface area contributed by atoms with Crippen molar-refractivity contribution >= 4 is 11.9 Å². The van der Waals surface area contributed by atoms with Crippen molar-refractivity contribution in [3.63, 3.8) is 0 Å². The summed E-state index contributed by atoms with van der Waals surface area (Å²) in [6, 6.07) is -0.490. The molecule has 0 saturated carbocycles. The smallest absolute Gasteiger partial charge is 0.305 e. The highest BCUT2D eigenvalue weighted by atomic mass is 16.4. The molecular formula is C8H14N2O3. The molecule has 5 nitrogen and oxygen atoms in total. The summed E-state index contributed by atoms with van der Waals surface area (Å²) in [6.07, 6.45) is -0.111. The van der Waals surface area contributed by atoms with E-state index in [1.54, 1.807) is 0 Å². The van der Waals surface area contributed by atoms with E-state index in [4.69, 9.17) is 5.11 Å². The molecule has 1 heterocycles. The van der Waals surface area contributed by atoms with Crippen LogP contribution < -0.4 is 5.32 Å². The van der Waals surface area contributed by atoms with Crippen molar-refractivity contribution in [3.8, 4) is 0 Å². The number of carbonyl (C=O) groups excluding carboxylic acids is 1. The molecule has 0 aromatic heterocycles. The zero-order valence-electron chi connectivity index (χ0n) is 7.62. The predicted octanol–water partition coefficient (Wildman–Crippen LogP) is -0.719. The average Bonchev–Trinajstić information content (AvgIpc) is 2.08. The maximum Gasteiger partial charge on any atom is 0.305 e. The van der Waals surface area contributed by atoms with Gasteiger partial charge in [0.2, 0.25) is 5.91 Å². The molecule has 1 aliphatic heterocycles. The first kappa shape index (κ1) is 9.98. The molecule has 1 aliphatic rings.